The lowest BCUT2D eigenvalue weighted by Crippen LogP contribution is -2.63. The first-order valence-electron chi connectivity index (χ1n) is 15.0. The lowest BCUT2D eigenvalue weighted by atomic mass is 9.81. The van der Waals surface area contributed by atoms with Gasteiger partial charge in [0, 0.05) is 32.2 Å². The second-order valence-corrected chi connectivity index (χ2v) is 12.5. The molecule has 1 amide bonds. The van der Waals surface area contributed by atoms with Crippen LogP contribution in [-0.4, -0.2) is 79.5 Å². The van der Waals surface area contributed by atoms with Crippen LogP contribution in [0.25, 0.3) is 11.1 Å². The molecule has 5 rings (SSSR count). The summed E-state index contributed by atoms with van der Waals surface area (Å²) in [7, 11) is 1.36. The van der Waals surface area contributed by atoms with E-state index in [1.165, 1.54) is 45.3 Å². The van der Waals surface area contributed by atoms with E-state index in [9.17, 15) is 40.6 Å². The number of carbonyl (C=O) groups is 1. The summed E-state index contributed by atoms with van der Waals surface area (Å²) < 4.78 is 102. The largest absolute Gasteiger partial charge is 0.416 e. The zero-order valence-corrected chi connectivity index (χ0v) is 26.2. The molecule has 2 atom stereocenters. The van der Waals surface area contributed by atoms with E-state index in [4.69, 9.17) is 4.74 Å². The van der Waals surface area contributed by atoms with Gasteiger partial charge < -0.3 is 19.6 Å². The molecule has 2 aliphatic rings. The molecule has 0 spiro atoms. The molecule has 0 saturated carbocycles. The number of aryl methyl sites for hydroxylation is 1. The minimum Gasteiger partial charge on any atom is -0.394 e. The number of morpholine rings is 1. The van der Waals surface area contributed by atoms with Gasteiger partial charge in [-0.05, 0) is 73.9 Å². The van der Waals surface area contributed by atoms with E-state index in [0.717, 1.165) is 11.4 Å². The van der Waals surface area contributed by atoms with Crippen LogP contribution in [0.4, 0.5) is 42.2 Å². The Balaban J connectivity index is 1.59. The summed E-state index contributed by atoms with van der Waals surface area (Å²) >= 11 is 0. The van der Waals surface area contributed by atoms with Crippen molar-refractivity contribution in [2.45, 2.75) is 50.6 Å². The number of pyridine rings is 1. The van der Waals surface area contributed by atoms with E-state index < -0.39 is 46.2 Å². The Morgan fingerprint density at radius 2 is 1.62 bits per heavy atom. The molecule has 7 nitrogen and oxygen atoms in total. The third-order valence-electron chi connectivity index (χ3n) is 9.01. The monoisotopic (exact) mass is 668 g/mol. The smallest absolute Gasteiger partial charge is 0.394 e. The van der Waals surface area contributed by atoms with Crippen LogP contribution >= 0.6 is 0 Å². The standard InChI is InChI=1S/C33H35F7N4O3/c1-19-9-23(34)5-6-26(19)27-13-29(44-16-25-18-47-8-7-43(25)15-24(44)17-45)41-14-28(27)42(4)30(46)31(2,3)20-10-21(32(35,36)37)12-22(11-20)33(38,39)40/h5-6,9-14,24-25,45H,7-8,15-18H2,1-4H3. The van der Waals surface area contributed by atoms with Crippen LogP contribution in [0.2, 0.25) is 0 Å². The van der Waals surface area contributed by atoms with Gasteiger partial charge in [-0.25, -0.2) is 9.37 Å². The number of benzene rings is 2. The van der Waals surface area contributed by atoms with Crippen molar-refractivity contribution in [2.24, 2.45) is 0 Å². The average Bonchev–Trinajstić information content (AvgIpc) is 3.02. The third kappa shape index (κ3) is 6.95. The normalized spacial score (nSPS) is 19.4. The SMILES string of the molecule is Cc1cc(F)ccc1-c1cc(N2CC3COCCN3CC2CO)ncc1N(C)C(=O)C(C)(C)c1cc(C(F)(F)F)cc(C(F)(F)F)c1. The lowest BCUT2D eigenvalue weighted by molar-refractivity contribution is -0.143. The Morgan fingerprint density at radius 1 is 0.979 bits per heavy atom. The molecule has 0 bridgehead atoms. The Kier molecular flexibility index (Phi) is 9.34. The highest BCUT2D eigenvalue weighted by molar-refractivity contribution is 6.03. The summed E-state index contributed by atoms with van der Waals surface area (Å²) in [6.07, 6.45) is -8.78. The van der Waals surface area contributed by atoms with Crippen molar-refractivity contribution in [3.63, 3.8) is 0 Å². The highest BCUT2D eigenvalue weighted by Gasteiger charge is 2.42. The zero-order valence-electron chi connectivity index (χ0n) is 26.2. The van der Waals surface area contributed by atoms with E-state index in [0.29, 0.717) is 60.9 Å². The van der Waals surface area contributed by atoms with Crippen LogP contribution in [0.15, 0.2) is 48.7 Å². The maximum Gasteiger partial charge on any atom is 0.416 e. The van der Waals surface area contributed by atoms with Crippen LogP contribution in [-0.2, 0) is 27.3 Å². The first-order valence-corrected chi connectivity index (χ1v) is 15.0. The van der Waals surface area contributed by atoms with Crippen LogP contribution < -0.4 is 9.80 Å². The maximum absolute atomic E-state index is 14.2. The number of piperazine rings is 1. The number of hydrogen-bond donors (Lipinski definition) is 1. The number of likely N-dealkylation sites (N-methyl/N-ethyl adjacent to an activating group) is 1. The Morgan fingerprint density at radius 3 is 2.21 bits per heavy atom. The molecule has 1 aromatic heterocycles. The fourth-order valence-electron chi connectivity index (χ4n) is 6.25. The topological polar surface area (TPSA) is 69.1 Å². The highest BCUT2D eigenvalue weighted by atomic mass is 19.4. The minimum atomic E-state index is -5.09. The van der Waals surface area contributed by atoms with Gasteiger partial charge in [0.25, 0.3) is 0 Å². The van der Waals surface area contributed by atoms with Gasteiger partial charge in [-0.15, -0.1) is 0 Å². The summed E-state index contributed by atoms with van der Waals surface area (Å²) in [5, 5.41) is 10.3. The van der Waals surface area contributed by atoms with E-state index >= 15 is 0 Å². The van der Waals surface area contributed by atoms with Crippen molar-refractivity contribution in [2.75, 3.05) is 56.3 Å². The molecule has 3 aromatic rings. The first-order chi connectivity index (χ1) is 21.9. The number of anilines is 2. The van der Waals surface area contributed by atoms with Crippen LogP contribution in [0, 0.1) is 12.7 Å². The Labute approximate surface area is 267 Å². The quantitative estimate of drug-likeness (QED) is 0.323. The van der Waals surface area contributed by atoms with E-state index in [2.05, 4.69) is 9.88 Å². The number of rotatable bonds is 6. The molecular formula is C33H35F7N4O3. The molecule has 0 radical (unpaired) electrons. The summed E-state index contributed by atoms with van der Waals surface area (Å²) in [6.45, 7) is 6.86. The van der Waals surface area contributed by atoms with Crippen molar-refractivity contribution in [1.29, 1.82) is 0 Å². The first kappa shape index (κ1) is 34.6. The van der Waals surface area contributed by atoms with Crippen LogP contribution in [0.1, 0.15) is 36.1 Å². The number of alkyl halides is 6. The third-order valence-corrected chi connectivity index (χ3v) is 9.01. The van der Waals surface area contributed by atoms with Gasteiger partial charge in [0.2, 0.25) is 5.91 Å². The van der Waals surface area contributed by atoms with Crippen molar-refractivity contribution in [1.82, 2.24) is 9.88 Å². The molecule has 1 N–H and O–H groups in total. The molecule has 2 aliphatic heterocycles. The van der Waals surface area contributed by atoms with Gasteiger partial charge in [0.1, 0.15) is 11.6 Å². The molecule has 2 aromatic carbocycles. The molecule has 254 valence electrons. The second kappa shape index (κ2) is 12.7. The highest BCUT2D eigenvalue weighted by Crippen LogP contribution is 2.41. The number of aliphatic hydroxyl groups is 1. The van der Waals surface area contributed by atoms with E-state index in [1.807, 2.05) is 4.90 Å². The number of nitrogens with zero attached hydrogens (tertiary/aromatic N) is 4. The molecular weight excluding hydrogens is 633 g/mol. The summed E-state index contributed by atoms with van der Waals surface area (Å²) in [5.41, 5.74) is -3.71. The Hall–Kier alpha value is -3.75. The van der Waals surface area contributed by atoms with Crippen molar-refractivity contribution < 1.29 is 45.4 Å². The predicted molar refractivity (Wildman–Crippen MR) is 162 cm³/mol. The minimum absolute atomic E-state index is 0.0186. The number of hydrogen-bond acceptors (Lipinski definition) is 6. The molecule has 3 heterocycles. The number of ether oxygens (including phenoxy) is 1. The van der Waals surface area contributed by atoms with Gasteiger partial charge in [-0.3, -0.25) is 9.69 Å². The molecule has 2 unspecified atom stereocenters. The molecule has 2 saturated heterocycles. The number of fused-ring (bicyclic) bond motifs is 1. The number of carbonyl (C=O) groups excluding carboxylic acids is 1. The number of amides is 1. The van der Waals surface area contributed by atoms with E-state index in [1.54, 1.807) is 13.0 Å². The summed E-state index contributed by atoms with van der Waals surface area (Å²) in [6, 6.07) is 6.62. The van der Waals surface area contributed by atoms with Crippen molar-refractivity contribution in [3.05, 3.63) is 76.7 Å². The van der Waals surface area contributed by atoms with Crippen LogP contribution in [0.3, 0.4) is 0 Å². The number of halogens is 7. The van der Waals surface area contributed by atoms with Gasteiger partial charge >= 0.3 is 12.4 Å². The predicted octanol–water partition coefficient (Wildman–Crippen LogP) is 6.06. The van der Waals surface area contributed by atoms with Crippen LogP contribution in [0.5, 0.6) is 0 Å². The van der Waals surface area contributed by atoms with E-state index in [-0.39, 0.29) is 30.4 Å². The molecule has 0 aliphatic carbocycles. The average molecular weight is 669 g/mol. The molecule has 47 heavy (non-hydrogen) atoms. The molecule has 14 heteroatoms. The number of aliphatic hydroxyl groups excluding tert-OH is 1. The Bertz CT molecular complexity index is 1610. The fourth-order valence-corrected chi connectivity index (χ4v) is 6.25. The molecule has 2 fully saturated rings. The van der Waals surface area contributed by atoms with Gasteiger partial charge in [0.05, 0.1) is 60.3 Å². The number of aromatic nitrogens is 1. The summed E-state index contributed by atoms with van der Waals surface area (Å²) in [5.74, 6) is -0.835. The second-order valence-electron chi connectivity index (χ2n) is 12.5. The van der Waals surface area contributed by atoms with Gasteiger partial charge in [0.15, 0.2) is 0 Å². The zero-order chi connectivity index (χ0) is 34.5. The van der Waals surface area contributed by atoms with Gasteiger partial charge in [-0.1, -0.05) is 6.07 Å². The maximum atomic E-state index is 14.2. The van der Waals surface area contributed by atoms with Crippen molar-refractivity contribution in [3.8, 4) is 11.1 Å². The van der Waals surface area contributed by atoms with Gasteiger partial charge in [-0.2, -0.15) is 26.3 Å². The summed E-state index contributed by atoms with van der Waals surface area (Å²) in [4.78, 5) is 24.0. The van der Waals surface area contributed by atoms with Crippen molar-refractivity contribution >= 4 is 17.4 Å². The lowest BCUT2D eigenvalue weighted by Gasteiger charge is -2.48. The fraction of sp³-hybridized carbons (Fsp3) is 0.455.